The number of benzene rings is 10. The summed E-state index contributed by atoms with van der Waals surface area (Å²) in [7, 11) is 0. The maximum Gasteiger partial charge on any atom is 0.0726 e. The van der Waals surface area contributed by atoms with Gasteiger partial charge in [-0.2, -0.15) is 0 Å². The van der Waals surface area contributed by atoms with Crippen LogP contribution >= 0.6 is 0 Å². The lowest BCUT2D eigenvalue weighted by Crippen LogP contribution is -2.27. The van der Waals surface area contributed by atoms with E-state index in [0.717, 1.165) is 11.4 Å². The molecule has 322 valence electrons. The van der Waals surface area contributed by atoms with Gasteiger partial charge in [-0.05, 0) is 130 Å². The second-order valence-electron chi connectivity index (χ2n) is 20.4. The highest BCUT2D eigenvalue weighted by atomic mass is 15.2. The monoisotopic (exact) mass is 867 g/mol. The first kappa shape index (κ1) is 39.2. The highest BCUT2D eigenvalue weighted by Gasteiger charge is 2.55. The van der Waals surface area contributed by atoms with Crippen molar-refractivity contribution in [2.24, 2.45) is 0 Å². The molecule has 0 radical (unpaired) electrons. The molecular weight excluding hydrogens is 819 g/mol. The van der Waals surface area contributed by atoms with Crippen molar-refractivity contribution in [3.63, 3.8) is 0 Å². The third-order valence-electron chi connectivity index (χ3n) is 16.3. The molecule has 0 amide bonds. The number of anilines is 3. The van der Waals surface area contributed by atoms with Crippen molar-refractivity contribution in [3.05, 3.63) is 269 Å². The molecule has 0 fully saturated rings. The smallest absolute Gasteiger partial charge is 0.0726 e. The number of hydrogen-bond donors (Lipinski definition) is 0. The van der Waals surface area contributed by atoms with Gasteiger partial charge in [0.1, 0.15) is 0 Å². The van der Waals surface area contributed by atoms with Crippen molar-refractivity contribution in [1.29, 1.82) is 0 Å². The molecule has 0 saturated carbocycles. The Bertz CT molecular complexity index is 3680. The molecule has 0 unspecified atom stereocenters. The van der Waals surface area contributed by atoms with Crippen LogP contribution in [-0.4, -0.2) is 0 Å². The second kappa shape index (κ2) is 14.0. The van der Waals surface area contributed by atoms with Gasteiger partial charge in [0.15, 0.2) is 0 Å². The normalized spacial score (nSPS) is 15.1. The van der Waals surface area contributed by atoms with Gasteiger partial charge in [-0.1, -0.05) is 222 Å². The molecule has 0 aliphatic heterocycles. The molecule has 0 heterocycles. The van der Waals surface area contributed by atoms with Gasteiger partial charge in [-0.15, -0.1) is 0 Å². The number of nitrogens with zero attached hydrogens (tertiary/aromatic N) is 1. The largest absolute Gasteiger partial charge is 0.309 e. The highest BCUT2D eigenvalue weighted by Crippen LogP contribution is 2.69. The minimum atomic E-state index is -0.568. The Morgan fingerprint density at radius 2 is 0.676 bits per heavy atom. The Labute approximate surface area is 399 Å². The summed E-state index contributed by atoms with van der Waals surface area (Å²) in [5.41, 5.74) is 28.7. The van der Waals surface area contributed by atoms with Gasteiger partial charge < -0.3 is 4.90 Å². The first-order valence-corrected chi connectivity index (χ1v) is 24.2. The van der Waals surface area contributed by atoms with E-state index in [-0.39, 0.29) is 10.8 Å². The van der Waals surface area contributed by atoms with E-state index in [2.05, 4.69) is 257 Å². The molecule has 14 rings (SSSR count). The minimum absolute atomic E-state index is 0.179. The zero-order valence-electron chi connectivity index (χ0n) is 38.8. The predicted octanol–water partition coefficient (Wildman–Crippen LogP) is 17.4. The lowest BCUT2D eigenvalue weighted by atomic mass is 9.69. The van der Waals surface area contributed by atoms with Gasteiger partial charge in [-0.3, -0.25) is 0 Å². The van der Waals surface area contributed by atoms with Crippen molar-refractivity contribution < 1.29 is 0 Å². The van der Waals surface area contributed by atoms with E-state index >= 15 is 0 Å². The molecule has 1 heteroatoms. The van der Waals surface area contributed by atoms with E-state index in [1.165, 1.54) is 117 Å². The summed E-state index contributed by atoms with van der Waals surface area (Å²) in [6, 6.07) is 85.0. The van der Waals surface area contributed by atoms with Gasteiger partial charge in [0, 0.05) is 33.3 Å². The van der Waals surface area contributed by atoms with E-state index in [9.17, 15) is 0 Å². The van der Waals surface area contributed by atoms with Crippen LogP contribution in [0.4, 0.5) is 17.1 Å². The van der Waals surface area contributed by atoms with Crippen LogP contribution in [0.5, 0.6) is 0 Å². The first-order valence-electron chi connectivity index (χ1n) is 24.2. The predicted molar refractivity (Wildman–Crippen MR) is 283 cm³/mol. The fourth-order valence-corrected chi connectivity index (χ4v) is 13.1. The van der Waals surface area contributed by atoms with Crippen molar-refractivity contribution in [3.8, 4) is 66.8 Å². The average Bonchev–Trinajstić information content (AvgIpc) is 4.02. The lowest BCUT2D eigenvalue weighted by Gasteiger charge is -2.35. The van der Waals surface area contributed by atoms with Crippen LogP contribution in [0.2, 0.25) is 0 Å². The van der Waals surface area contributed by atoms with Gasteiger partial charge in [0.2, 0.25) is 0 Å². The van der Waals surface area contributed by atoms with Crippen molar-refractivity contribution >= 4 is 17.1 Å². The summed E-state index contributed by atoms with van der Waals surface area (Å²) in [4.78, 5) is 2.64. The average molecular weight is 868 g/mol. The first-order chi connectivity index (χ1) is 33.3. The molecule has 10 aromatic carbocycles. The number of rotatable bonds is 5. The van der Waals surface area contributed by atoms with Crippen molar-refractivity contribution in [2.45, 2.75) is 43.9 Å². The summed E-state index contributed by atoms with van der Waals surface area (Å²) in [6.07, 6.45) is 0. The third-order valence-corrected chi connectivity index (χ3v) is 16.3. The Balaban J connectivity index is 1.15. The van der Waals surface area contributed by atoms with Crippen LogP contribution in [0.3, 0.4) is 0 Å². The van der Waals surface area contributed by atoms with Crippen molar-refractivity contribution in [2.75, 3.05) is 4.90 Å². The van der Waals surface area contributed by atoms with E-state index in [1.54, 1.807) is 0 Å². The van der Waals surface area contributed by atoms with E-state index in [4.69, 9.17) is 0 Å². The lowest BCUT2D eigenvalue weighted by molar-refractivity contribution is 0.657. The summed E-state index contributed by atoms with van der Waals surface area (Å²) >= 11 is 0. The maximum atomic E-state index is 2.65. The standard InChI is InChI=1S/C67H49N/c1-65(2)54-27-15-11-23-48(54)51-38-36-47(40-58(51)65)68(46-34-31-44(32-35-46)42-19-7-5-8-20-42)64-62-52-26-14-16-28-55(52)66(3,4)60(62)41-61-63(64)53-37-33-45(43-21-9-6-10-22-43)39-59(53)67(61)56-29-17-12-24-49(56)50-25-13-18-30-57(50)67/h5-41H,1-4H3. The maximum absolute atomic E-state index is 2.65. The molecule has 4 aliphatic rings. The Hall–Kier alpha value is -8.00. The molecule has 1 spiro atoms. The van der Waals surface area contributed by atoms with Crippen LogP contribution < -0.4 is 4.90 Å². The summed E-state index contributed by atoms with van der Waals surface area (Å²) in [6.45, 7) is 9.69. The molecular formula is C67H49N. The molecule has 10 aromatic rings. The molecule has 0 aromatic heterocycles. The van der Waals surface area contributed by atoms with Crippen LogP contribution in [-0.2, 0) is 16.2 Å². The minimum Gasteiger partial charge on any atom is -0.309 e. The van der Waals surface area contributed by atoms with Crippen LogP contribution in [0.1, 0.15) is 72.2 Å². The SMILES string of the molecule is CC1(C)c2ccccc2-c2ccc(N(c3ccc(-c4ccccc4)cc3)c3c4c(cc5c3-c3ccc(-c6ccccc6)cc3C53c5ccccc5-c5ccccc53)C(C)(C)c3ccccc3-4)cc21. The van der Waals surface area contributed by atoms with E-state index in [0.29, 0.717) is 0 Å². The molecule has 68 heavy (non-hydrogen) atoms. The molecule has 0 saturated heterocycles. The fraction of sp³-hybridized carbons (Fsp3) is 0.104. The van der Waals surface area contributed by atoms with Crippen molar-refractivity contribution in [1.82, 2.24) is 0 Å². The summed E-state index contributed by atoms with van der Waals surface area (Å²) in [5, 5.41) is 0. The van der Waals surface area contributed by atoms with Gasteiger partial charge in [0.05, 0.1) is 11.1 Å². The zero-order valence-corrected chi connectivity index (χ0v) is 38.8. The molecule has 1 nitrogen and oxygen atoms in total. The van der Waals surface area contributed by atoms with Crippen LogP contribution in [0.15, 0.2) is 224 Å². The van der Waals surface area contributed by atoms with Gasteiger partial charge in [-0.25, -0.2) is 0 Å². The van der Waals surface area contributed by atoms with Crippen LogP contribution in [0, 0.1) is 0 Å². The van der Waals surface area contributed by atoms with E-state index in [1.807, 2.05) is 0 Å². The van der Waals surface area contributed by atoms with E-state index < -0.39 is 5.41 Å². The highest BCUT2D eigenvalue weighted by molar-refractivity contribution is 6.09. The fourth-order valence-electron chi connectivity index (χ4n) is 13.1. The molecule has 0 N–H and O–H groups in total. The summed E-state index contributed by atoms with van der Waals surface area (Å²) in [5.74, 6) is 0. The number of hydrogen-bond acceptors (Lipinski definition) is 1. The topological polar surface area (TPSA) is 3.24 Å². The third kappa shape index (κ3) is 5.11. The Morgan fingerprint density at radius 1 is 0.265 bits per heavy atom. The Morgan fingerprint density at radius 3 is 1.31 bits per heavy atom. The second-order valence-corrected chi connectivity index (χ2v) is 20.4. The quantitative estimate of drug-likeness (QED) is 0.167. The zero-order chi connectivity index (χ0) is 45.5. The summed E-state index contributed by atoms with van der Waals surface area (Å²) < 4.78 is 0. The molecule has 0 bridgehead atoms. The molecule has 4 aliphatic carbocycles. The Kier molecular flexibility index (Phi) is 8.08. The van der Waals surface area contributed by atoms with Crippen LogP contribution in [0.25, 0.3) is 66.8 Å². The number of fused-ring (bicyclic) bond motifs is 16. The molecule has 0 atom stereocenters. The van der Waals surface area contributed by atoms with Gasteiger partial charge >= 0.3 is 0 Å². The van der Waals surface area contributed by atoms with Gasteiger partial charge in [0.25, 0.3) is 0 Å².